The van der Waals surface area contributed by atoms with Gasteiger partial charge < -0.3 is 18.9 Å². The molecule has 6 aliphatic rings. The quantitative estimate of drug-likeness (QED) is 0.190. The molecule has 11 rings (SSSR count). The lowest BCUT2D eigenvalue weighted by molar-refractivity contribution is 0.0471. The summed E-state index contributed by atoms with van der Waals surface area (Å²) < 4.78 is 4.67. The number of carbonyl (C=O) groups is 2. The summed E-state index contributed by atoms with van der Waals surface area (Å²) in [5, 5.41) is 10.9. The maximum atomic E-state index is 14.2. The topological polar surface area (TPSA) is 87.2 Å². The van der Waals surface area contributed by atoms with Crippen molar-refractivity contribution in [2.45, 2.75) is 44.3 Å². The molecule has 5 atom stereocenters. The Labute approximate surface area is 288 Å². The SMILES string of the molecule is N#Cc1ccc(C(=O)N2CC(Cn3c(-c4cc5ccccc5n4CC4CC4)nc4cc(C(=O)N5CC6CC7CC58C6[C@@H]78)cc(Cl)c43)C2)cc1. The van der Waals surface area contributed by atoms with Crippen molar-refractivity contribution in [3.8, 4) is 17.6 Å². The van der Waals surface area contributed by atoms with E-state index in [9.17, 15) is 9.59 Å². The van der Waals surface area contributed by atoms with Crippen molar-refractivity contribution in [1.29, 1.82) is 5.26 Å². The number of fused-ring (bicyclic) bond motifs is 2. The highest BCUT2D eigenvalue weighted by Crippen LogP contribution is 2.83. The first-order chi connectivity index (χ1) is 23.9. The monoisotopic (exact) mass is 666 g/mol. The second kappa shape index (κ2) is 9.76. The van der Waals surface area contributed by atoms with E-state index in [1.165, 1.54) is 36.6 Å². The van der Waals surface area contributed by atoms with Gasteiger partial charge in [0.15, 0.2) is 5.82 Å². The highest BCUT2D eigenvalue weighted by atomic mass is 35.5. The third-order valence-corrected chi connectivity index (χ3v) is 13.3. The van der Waals surface area contributed by atoms with Gasteiger partial charge >= 0.3 is 0 Å². The highest BCUT2D eigenvalue weighted by molar-refractivity contribution is 6.35. The number of benzene rings is 3. The number of rotatable bonds is 7. The standard InChI is InChI=1S/C40H35ClN6O2/c41-30-12-27(39(49)47-21-29-11-28-15-40(47)34(28)35(29)40)13-31-36(30)46(20-24-17-44(18-24)38(48)25-9-7-22(16-42)8-10-25)37(43-31)33-14-26-3-1-2-4-32(26)45(33)19-23-5-6-23/h1-4,7-10,12-14,23-24,28-29,34-35H,5-6,11,15,17-21H2/t28?,29?,34-,35?,40?/m1/s1. The summed E-state index contributed by atoms with van der Waals surface area (Å²) in [7, 11) is 0. The summed E-state index contributed by atoms with van der Waals surface area (Å²) in [6.45, 7) is 3.73. The Morgan fingerprint density at radius 3 is 2.41 bits per heavy atom. The Balaban J connectivity index is 0.966. The molecule has 244 valence electrons. The van der Waals surface area contributed by atoms with Gasteiger partial charge in [-0.05, 0) is 104 Å². The average molecular weight is 667 g/mol. The molecule has 1 spiro atoms. The molecule has 8 nitrogen and oxygen atoms in total. The van der Waals surface area contributed by atoms with Gasteiger partial charge in [-0.25, -0.2) is 4.98 Å². The van der Waals surface area contributed by atoms with E-state index in [1.54, 1.807) is 24.3 Å². The maximum absolute atomic E-state index is 14.2. The van der Waals surface area contributed by atoms with Crippen LogP contribution in [0.2, 0.25) is 5.02 Å². The molecule has 0 bridgehead atoms. The molecule has 4 saturated carbocycles. The average Bonchev–Trinajstić information content (AvgIpc) is 3.84. The predicted molar refractivity (Wildman–Crippen MR) is 186 cm³/mol. The molecule has 4 unspecified atom stereocenters. The Morgan fingerprint density at radius 2 is 1.65 bits per heavy atom. The van der Waals surface area contributed by atoms with Gasteiger partial charge in [-0.2, -0.15) is 5.26 Å². The van der Waals surface area contributed by atoms with Crippen LogP contribution in [0, 0.1) is 46.8 Å². The van der Waals surface area contributed by atoms with Crippen molar-refractivity contribution < 1.29 is 9.59 Å². The van der Waals surface area contributed by atoms with E-state index in [2.05, 4.69) is 50.4 Å². The molecule has 6 fully saturated rings. The first-order valence-corrected chi connectivity index (χ1v) is 18.2. The van der Waals surface area contributed by atoms with E-state index in [0.717, 1.165) is 53.4 Å². The van der Waals surface area contributed by atoms with Crippen LogP contribution in [0.5, 0.6) is 0 Å². The van der Waals surface area contributed by atoms with Crippen LogP contribution >= 0.6 is 11.6 Å². The van der Waals surface area contributed by atoms with Crippen LogP contribution in [0.4, 0.5) is 0 Å². The first-order valence-electron chi connectivity index (χ1n) is 17.8. The zero-order valence-corrected chi connectivity index (χ0v) is 27.8. The van der Waals surface area contributed by atoms with E-state index in [4.69, 9.17) is 21.8 Å². The number of nitriles is 1. The lowest BCUT2D eigenvalue weighted by atomic mass is 9.76. The third-order valence-electron chi connectivity index (χ3n) is 13.0. The van der Waals surface area contributed by atoms with Crippen LogP contribution in [0.25, 0.3) is 33.5 Å². The molecule has 4 heterocycles. The minimum atomic E-state index is -0.0206. The second-order valence-corrected chi connectivity index (χ2v) is 16.1. The van der Waals surface area contributed by atoms with Crippen molar-refractivity contribution in [2.75, 3.05) is 19.6 Å². The van der Waals surface area contributed by atoms with E-state index in [1.807, 2.05) is 17.0 Å². The lowest BCUT2D eigenvalue weighted by Gasteiger charge is -2.40. The Kier molecular flexibility index (Phi) is 5.63. The smallest absolute Gasteiger partial charge is 0.254 e. The van der Waals surface area contributed by atoms with Gasteiger partial charge in [-0.3, -0.25) is 9.59 Å². The number of imidazole rings is 1. The molecule has 9 heteroatoms. The van der Waals surface area contributed by atoms with E-state index >= 15 is 0 Å². The van der Waals surface area contributed by atoms with Crippen LogP contribution in [-0.2, 0) is 13.1 Å². The fourth-order valence-electron chi connectivity index (χ4n) is 10.6. The largest absolute Gasteiger partial charge is 0.338 e. The summed E-state index contributed by atoms with van der Waals surface area (Å²) in [5.74, 6) is 4.80. The number of hydrogen-bond acceptors (Lipinski definition) is 4. The minimum absolute atomic E-state index is 0.0206. The molecule has 2 aromatic heterocycles. The minimum Gasteiger partial charge on any atom is -0.338 e. The number of para-hydroxylation sites is 1. The number of aromatic nitrogens is 3. The maximum Gasteiger partial charge on any atom is 0.254 e. The van der Waals surface area contributed by atoms with Crippen LogP contribution in [0.15, 0.2) is 66.7 Å². The molecule has 0 radical (unpaired) electrons. The third kappa shape index (κ3) is 3.88. The molecule has 3 aromatic carbocycles. The van der Waals surface area contributed by atoms with Crippen LogP contribution < -0.4 is 0 Å². The Morgan fingerprint density at radius 1 is 0.878 bits per heavy atom. The molecular formula is C40H35ClN6O2. The number of nitrogens with zero attached hydrogens (tertiary/aromatic N) is 6. The summed E-state index contributed by atoms with van der Waals surface area (Å²) in [5.41, 5.74) is 5.77. The van der Waals surface area contributed by atoms with Gasteiger partial charge in [0.25, 0.3) is 11.8 Å². The molecular weight excluding hydrogens is 632 g/mol. The Bertz CT molecular complexity index is 2300. The summed E-state index contributed by atoms with van der Waals surface area (Å²) in [4.78, 5) is 36.8. The van der Waals surface area contributed by atoms with Gasteiger partial charge in [-0.1, -0.05) is 29.8 Å². The summed E-state index contributed by atoms with van der Waals surface area (Å²) >= 11 is 7.20. The Hall–Kier alpha value is -4.61. The first kappa shape index (κ1) is 28.3. The number of amides is 2. The van der Waals surface area contributed by atoms with Gasteiger partial charge in [0.05, 0.1) is 38.9 Å². The van der Waals surface area contributed by atoms with E-state index < -0.39 is 0 Å². The fourth-order valence-corrected chi connectivity index (χ4v) is 11.0. The second-order valence-electron chi connectivity index (χ2n) is 15.7. The van der Waals surface area contributed by atoms with Gasteiger partial charge in [0.2, 0.25) is 0 Å². The molecule has 2 aliphatic heterocycles. The van der Waals surface area contributed by atoms with Crippen LogP contribution in [-0.4, -0.2) is 60.9 Å². The zero-order valence-electron chi connectivity index (χ0n) is 27.1. The number of likely N-dealkylation sites (tertiary alicyclic amines) is 2. The van der Waals surface area contributed by atoms with Crippen molar-refractivity contribution in [3.05, 3.63) is 88.4 Å². The molecule has 2 amide bonds. The van der Waals surface area contributed by atoms with Crippen molar-refractivity contribution in [1.82, 2.24) is 23.9 Å². The predicted octanol–water partition coefficient (Wildman–Crippen LogP) is 6.85. The number of piperidine rings is 1. The van der Waals surface area contributed by atoms with Crippen molar-refractivity contribution in [3.63, 3.8) is 0 Å². The lowest BCUT2D eigenvalue weighted by Crippen LogP contribution is -2.51. The molecule has 5 aromatic rings. The molecule has 49 heavy (non-hydrogen) atoms. The van der Waals surface area contributed by atoms with E-state index in [0.29, 0.717) is 53.2 Å². The normalized spacial score (nSPS) is 27.7. The number of halogens is 1. The molecule has 4 aliphatic carbocycles. The fraction of sp³-hybridized carbons (Fsp3) is 0.400. The van der Waals surface area contributed by atoms with Crippen molar-refractivity contribution >= 4 is 45.4 Å². The highest BCUT2D eigenvalue weighted by Gasteiger charge is 2.87. The van der Waals surface area contributed by atoms with Crippen LogP contribution in [0.3, 0.4) is 0 Å². The van der Waals surface area contributed by atoms with Gasteiger partial charge in [0.1, 0.15) is 0 Å². The molecule has 2 saturated heterocycles. The van der Waals surface area contributed by atoms with E-state index in [-0.39, 0.29) is 23.3 Å². The van der Waals surface area contributed by atoms with Gasteiger partial charge in [-0.15, -0.1) is 0 Å². The van der Waals surface area contributed by atoms with Gasteiger partial charge in [0, 0.05) is 60.7 Å². The van der Waals surface area contributed by atoms with Crippen LogP contribution in [0.1, 0.15) is 52.0 Å². The summed E-state index contributed by atoms with van der Waals surface area (Å²) in [6.07, 6.45) is 4.95. The number of carbonyl (C=O) groups excluding carboxylic acids is 2. The summed E-state index contributed by atoms with van der Waals surface area (Å²) in [6, 6.07) is 23.6. The molecule has 0 N–H and O–H groups in total. The zero-order chi connectivity index (χ0) is 32.8. The number of hydrogen-bond donors (Lipinski definition) is 0. The van der Waals surface area contributed by atoms with Crippen molar-refractivity contribution in [2.24, 2.45) is 35.5 Å².